The normalized spacial score (nSPS) is 29.0. The zero-order chi connectivity index (χ0) is 11.6. The van der Waals surface area contributed by atoms with Crippen LogP contribution in [0.5, 0.6) is 0 Å². The van der Waals surface area contributed by atoms with E-state index >= 15 is 0 Å². The molecule has 1 fully saturated rings. The molecule has 1 aliphatic rings. The van der Waals surface area contributed by atoms with Gasteiger partial charge in [-0.1, -0.05) is 0 Å². The number of carbonyl (C=O) groups is 1. The minimum atomic E-state index is -0.685. The third-order valence-corrected chi connectivity index (χ3v) is 2.85. The van der Waals surface area contributed by atoms with Gasteiger partial charge in [0.25, 0.3) is 0 Å². The number of nitrogens with two attached hydrogens (primary N) is 1. The number of carbonyl (C=O) groups excluding carboxylic acids is 1. The molecule has 0 radical (unpaired) electrons. The standard InChI is InChI=1S/C10H14N4O2/c1-10(5-16-4-8(10)11)9(15)14-7-2-12-6-13-3-7/h2-3,6,8H,4-5,11H2,1H3,(H,14,15). The van der Waals surface area contributed by atoms with Gasteiger partial charge in [-0.05, 0) is 6.92 Å². The number of nitrogens with one attached hydrogen (secondary N) is 1. The van der Waals surface area contributed by atoms with Gasteiger partial charge >= 0.3 is 0 Å². The molecule has 6 heteroatoms. The first kappa shape index (κ1) is 11.0. The summed E-state index contributed by atoms with van der Waals surface area (Å²) in [6, 6.07) is -0.280. The van der Waals surface area contributed by atoms with Crippen molar-refractivity contribution in [3.8, 4) is 0 Å². The Morgan fingerprint density at radius 2 is 2.31 bits per heavy atom. The average molecular weight is 222 g/mol. The van der Waals surface area contributed by atoms with Crippen molar-refractivity contribution in [3.05, 3.63) is 18.7 Å². The summed E-state index contributed by atoms with van der Waals surface area (Å²) in [6.07, 6.45) is 4.48. The van der Waals surface area contributed by atoms with Crippen LogP contribution < -0.4 is 11.1 Å². The average Bonchev–Trinajstić information content (AvgIpc) is 2.62. The molecule has 2 unspecified atom stereocenters. The first-order valence-corrected chi connectivity index (χ1v) is 5.03. The van der Waals surface area contributed by atoms with Crippen LogP contribution in [0.25, 0.3) is 0 Å². The van der Waals surface area contributed by atoms with Gasteiger partial charge in [-0.3, -0.25) is 4.79 Å². The van der Waals surface area contributed by atoms with Crippen LogP contribution in [-0.2, 0) is 9.53 Å². The summed E-state index contributed by atoms with van der Waals surface area (Å²) in [7, 11) is 0. The maximum Gasteiger partial charge on any atom is 0.234 e. The molecule has 0 spiro atoms. The van der Waals surface area contributed by atoms with E-state index < -0.39 is 5.41 Å². The second kappa shape index (κ2) is 4.15. The zero-order valence-corrected chi connectivity index (χ0v) is 9.01. The number of rotatable bonds is 2. The van der Waals surface area contributed by atoms with Crippen molar-refractivity contribution < 1.29 is 9.53 Å². The molecule has 6 nitrogen and oxygen atoms in total. The Labute approximate surface area is 93.2 Å². The van der Waals surface area contributed by atoms with E-state index in [1.54, 1.807) is 6.92 Å². The van der Waals surface area contributed by atoms with E-state index in [2.05, 4.69) is 15.3 Å². The Bertz CT molecular complexity index is 384. The predicted molar refractivity (Wildman–Crippen MR) is 57.6 cm³/mol. The summed E-state index contributed by atoms with van der Waals surface area (Å²) < 4.78 is 5.21. The fourth-order valence-electron chi connectivity index (χ4n) is 1.56. The lowest BCUT2D eigenvalue weighted by Crippen LogP contribution is -2.47. The van der Waals surface area contributed by atoms with Gasteiger partial charge in [0.05, 0.1) is 36.7 Å². The molecular weight excluding hydrogens is 208 g/mol. The van der Waals surface area contributed by atoms with Crippen molar-refractivity contribution in [2.75, 3.05) is 18.5 Å². The molecule has 86 valence electrons. The molecule has 2 heterocycles. The van der Waals surface area contributed by atoms with Crippen LogP contribution >= 0.6 is 0 Å². The first-order valence-electron chi connectivity index (χ1n) is 5.03. The Morgan fingerprint density at radius 3 is 2.88 bits per heavy atom. The molecule has 0 saturated carbocycles. The Morgan fingerprint density at radius 1 is 1.62 bits per heavy atom. The highest BCUT2D eigenvalue weighted by molar-refractivity contribution is 5.95. The number of ether oxygens (including phenoxy) is 1. The van der Waals surface area contributed by atoms with Crippen LogP contribution in [0.15, 0.2) is 18.7 Å². The second-order valence-electron chi connectivity index (χ2n) is 4.12. The number of nitrogens with zero attached hydrogens (tertiary/aromatic N) is 2. The molecular formula is C10H14N4O2. The van der Waals surface area contributed by atoms with Crippen LogP contribution in [0, 0.1) is 5.41 Å². The summed E-state index contributed by atoms with van der Waals surface area (Å²) in [5.74, 6) is -0.160. The van der Waals surface area contributed by atoms with Crippen molar-refractivity contribution in [1.82, 2.24) is 9.97 Å². The third-order valence-electron chi connectivity index (χ3n) is 2.85. The maximum atomic E-state index is 12.0. The number of hydrogen-bond donors (Lipinski definition) is 2. The monoisotopic (exact) mass is 222 g/mol. The van der Waals surface area contributed by atoms with Gasteiger partial charge in [-0.2, -0.15) is 0 Å². The van der Waals surface area contributed by atoms with E-state index in [4.69, 9.17) is 10.5 Å². The minimum Gasteiger partial charge on any atom is -0.379 e. The van der Waals surface area contributed by atoms with Crippen LogP contribution in [-0.4, -0.2) is 35.1 Å². The van der Waals surface area contributed by atoms with Crippen LogP contribution in [0.3, 0.4) is 0 Å². The van der Waals surface area contributed by atoms with E-state index in [1.165, 1.54) is 18.7 Å². The highest BCUT2D eigenvalue weighted by atomic mass is 16.5. The number of anilines is 1. The smallest absolute Gasteiger partial charge is 0.234 e. The van der Waals surface area contributed by atoms with Crippen molar-refractivity contribution in [1.29, 1.82) is 0 Å². The quantitative estimate of drug-likeness (QED) is 0.722. The number of aromatic nitrogens is 2. The molecule has 0 aliphatic carbocycles. The maximum absolute atomic E-state index is 12.0. The summed E-state index contributed by atoms with van der Waals surface area (Å²) in [5.41, 5.74) is 5.73. The Hall–Kier alpha value is -1.53. The van der Waals surface area contributed by atoms with Crippen LogP contribution in [0.2, 0.25) is 0 Å². The summed E-state index contributed by atoms with van der Waals surface area (Å²) in [4.78, 5) is 19.7. The van der Waals surface area contributed by atoms with E-state index in [0.29, 0.717) is 18.9 Å². The van der Waals surface area contributed by atoms with Crippen molar-refractivity contribution >= 4 is 11.6 Å². The van der Waals surface area contributed by atoms with Crippen molar-refractivity contribution in [2.24, 2.45) is 11.1 Å². The molecule has 1 aromatic heterocycles. The molecule has 1 amide bonds. The van der Waals surface area contributed by atoms with Crippen molar-refractivity contribution in [3.63, 3.8) is 0 Å². The van der Waals surface area contributed by atoms with Gasteiger partial charge in [0.1, 0.15) is 6.33 Å². The van der Waals surface area contributed by atoms with Gasteiger partial charge in [0.2, 0.25) is 5.91 Å². The lowest BCUT2D eigenvalue weighted by Gasteiger charge is -2.25. The van der Waals surface area contributed by atoms with Gasteiger partial charge < -0.3 is 15.8 Å². The number of amides is 1. The molecule has 0 bridgehead atoms. The van der Waals surface area contributed by atoms with Gasteiger partial charge in [-0.15, -0.1) is 0 Å². The predicted octanol–water partition coefficient (Wildman–Crippen LogP) is -0.221. The topological polar surface area (TPSA) is 90.1 Å². The number of hydrogen-bond acceptors (Lipinski definition) is 5. The van der Waals surface area contributed by atoms with E-state index in [9.17, 15) is 4.79 Å². The minimum absolute atomic E-state index is 0.160. The zero-order valence-electron chi connectivity index (χ0n) is 9.01. The largest absolute Gasteiger partial charge is 0.379 e. The molecule has 2 rings (SSSR count). The molecule has 3 N–H and O–H groups in total. The van der Waals surface area contributed by atoms with Crippen LogP contribution in [0.4, 0.5) is 5.69 Å². The molecule has 1 saturated heterocycles. The Kier molecular flexibility index (Phi) is 2.84. The summed E-state index contributed by atoms with van der Waals surface area (Å²) in [5, 5.41) is 2.73. The van der Waals surface area contributed by atoms with Gasteiger partial charge in [-0.25, -0.2) is 9.97 Å². The SMILES string of the molecule is CC1(C(=O)Nc2cncnc2)COCC1N. The second-order valence-corrected chi connectivity index (χ2v) is 4.12. The van der Waals surface area contributed by atoms with E-state index in [0.717, 1.165) is 0 Å². The highest BCUT2D eigenvalue weighted by Gasteiger charge is 2.44. The lowest BCUT2D eigenvalue weighted by atomic mass is 9.85. The molecule has 1 aliphatic heterocycles. The van der Waals surface area contributed by atoms with E-state index in [-0.39, 0.29) is 11.9 Å². The molecule has 16 heavy (non-hydrogen) atoms. The van der Waals surface area contributed by atoms with Crippen molar-refractivity contribution in [2.45, 2.75) is 13.0 Å². The third kappa shape index (κ3) is 1.89. The fraction of sp³-hybridized carbons (Fsp3) is 0.500. The molecule has 2 atom stereocenters. The first-order chi connectivity index (χ1) is 7.63. The molecule has 1 aromatic rings. The fourth-order valence-corrected chi connectivity index (χ4v) is 1.56. The van der Waals surface area contributed by atoms with Gasteiger partial charge in [0.15, 0.2) is 0 Å². The molecule has 0 aromatic carbocycles. The summed E-state index contributed by atoms with van der Waals surface area (Å²) in [6.45, 7) is 2.55. The van der Waals surface area contributed by atoms with E-state index in [1.807, 2.05) is 0 Å². The highest BCUT2D eigenvalue weighted by Crippen LogP contribution is 2.28. The lowest BCUT2D eigenvalue weighted by molar-refractivity contribution is -0.125. The van der Waals surface area contributed by atoms with Gasteiger partial charge in [0, 0.05) is 6.04 Å². The van der Waals surface area contributed by atoms with Crippen LogP contribution in [0.1, 0.15) is 6.92 Å². The summed E-state index contributed by atoms with van der Waals surface area (Å²) >= 11 is 0. The Balaban J connectivity index is 2.09.